The van der Waals surface area contributed by atoms with Gasteiger partial charge in [0.2, 0.25) is 0 Å². The van der Waals surface area contributed by atoms with Crippen molar-refractivity contribution < 1.29 is 23.9 Å². The predicted molar refractivity (Wildman–Crippen MR) is 98.5 cm³/mol. The van der Waals surface area contributed by atoms with E-state index >= 15 is 0 Å². The summed E-state index contributed by atoms with van der Waals surface area (Å²) >= 11 is 0. The second-order valence-corrected chi connectivity index (χ2v) is 6.42. The Kier molecular flexibility index (Phi) is 5.86. The molecular formula is C21H21NO5. The van der Waals surface area contributed by atoms with Crippen LogP contribution in [-0.2, 0) is 14.3 Å². The third kappa shape index (κ3) is 5.41. The molecule has 27 heavy (non-hydrogen) atoms. The Morgan fingerprint density at radius 2 is 1.63 bits per heavy atom. The Morgan fingerprint density at radius 1 is 1.00 bits per heavy atom. The van der Waals surface area contributed by atoms with Gasteiger partial charge in [0.15, 0.2) is 18.5 Å². The minimum Gasteiger partial charge on any atom is -0.482 e. The molecule has 0 aromatic heterocycles. The van der Waals surface area contributed by atoms with Gasteiger partial charge in [0, 0.05) is 17.2 Å². The lowest BCUT2D eigenvalue weighted by Crippen LogP contribution is -2.37. The molecule has 1 aliphatic rings. The third-order valence-electron chi connectivity index (χ3n) is 4.11. The van der Waals surface area contributed by atoms with Crippen LogP contribution in [0.4, 0.5) is 0 Å². The van der Waals surface area contributed by atoms with Gasteiger partial charge in [-0.1, -0.05) is 30.3 Å². The molecule has 140 valence electrons. The summed E-state index contributed by atoms with van der Waals surface area (Å²) < 4.78 is 10.4. The Balaban J connectivity index is 1.47. The SMILES string of the molecule is C[C@@H](OC(=O)COc1ccc(C(=O)c2ccccc2)cc1)C(=O)NC1CC1. The number of carbonyl (C=O) groups is 3. The summed E-state index contributed by atoms with van der Waals surface area (Å²) in [5, 5.41) is 2.77. The van der Waals surface area contributed by atoms with Crippen molar-refractivity contribution in [2.45, 2.75) is 31.9 Å². The standard InChI is InChI=1S/C21H21NO5/c1-14(21(25)22-17-9-10-17)27-19(23)13-26-18-11-7-16(8-12-18)20(24)15-5-3-2-4-6-15/h2-8,11-12,14,17H,9-10,13H2,1H3,(H,22,25)/t14-/m1/s1. The van der Waals surface area contributed by atoms with Crippen LogP contribution >= 0.6 is 0 Å². The van der Waals surface area contributed by atoms with Crippen molar-refractivity contribution in [3.63, 3.8) is 0 Å². The monoisotopic (exact) mass is 367 g/mol. The Morgan fingerprint density at radius 3 is 2.26 bits per heavy atom. The van der Waals surface area contributed by atoms with Gasteiger partial charge >= 0.3 is 5.97 Å². The lowest BCUT2D eigenvalue weighted by Gasteiger charge is -2.13. The zero-order valence-corrected chi connectivity index (χ0v) is 15.0. The van der Waals surface area contributed by atoms with E-state index in [1.165, 1.54) is 6.92 Å². The van der Waals surface area contributed by atoms with Crippen LogP contribution in [0.15, 0.2) is 54.6 Å². The first-order chi connectivity index (χ1) is 13.0. The number of nitrogens with one attached hydrogen (secondary N) is 1. The number of amides is 1. The van der Waals surface area contributed by atoms with E-state index in [2.05, 4.69) is 5.32 Å². The molecule has 0 radical (unpaired) electrons. The minimum atomic E-state index is -0.854. The molecule has 3 rings (SSSR count). The number of hydrogen-bond donors (Lipinski definition) is 1. The minimum absolute atomic E-state index is 0.0861. The van der Waals surface area contributed by atoms with Gasteiger partial charge in [-0.25, -0.2) is 4.79 Å². The number of hydrogen-bond acceptors (Lipinski definition) is 5. The maximum Gasteiger partial charge on any atom is 0.344 e. The first-order valence-corrected chi connectivity index (χ1v) is 8.85. The molecule has 0 unspecified atom stereocenters. The van der Waals surface area contributed by atoms with Gasteiger partial charge in [-0.3, -0.25) is 9.59 Å². The molecule has 1 fully saturated rings. The molecule has 1 saturated carbocycles. The van der Waals surface area contributed by atoms with Gasteiger partial charge in [-0.2, -0.15) is 0 Å². The highest BCUT2D eigenvalue weighted by Crippen LogP contribution is 2.19. The fraction of sp³-hybridized carbons (Fsp3) is 0.286. The smallest absolute Gasteiger partial charge is 0.344 e. The molecule has 6 nitrogen and oxygen atoms in total. The molecular weight excluding hydrogens is 346 g/mol. The van der Waals surface area contributed by atoms with Gasteiger partial charge in [-0.15, -0.1) is 0 Å². The van der Waals surface area contributed by atoms with Gasteiger partial charge in [0.05, 0.1) is 0 Å². The van der Waals surface area contributed by atoms with Gasteiger partial charge < -0.3 is 14.8 Å². The van der Waals surface area contributed by atoms with E-state index in [0.29, 0.717) is 16.9 Å². The maximum absolute atomic E-state index is 12.3. The second kappa shape index (κ2) is 8.49. The van der Waals surface area contributed by atoms with Gasteiger partial charge in [0.25, 0.3) is 5.91 Å². The number of rotatable bonds is 8. The predicted octanol–water partition coefficient (Wildman–Crippen LogP) is 2.51. The highest BCUT2D eigenvalue weighted by molar-refractivity contribution is 6.08. The molecule has 0 saturated heterocycles. The van der Waals surface area contributed by atoms with Crippen LogP contribution in [0, 0.1) is 0 Å². The van der Waals surface area contributed by atoms with Crippen LogP contribution in [-0.4, -0.2) is 36.4 Å². The highest BCUT2D eigenvalue weighted by Gasteiger charge is 2.27. The van der Waals surface area contributed by atoms with Crippen molar-refractivity contribution in [3.8, 4) is 5.75 Å². The van der Waals surface area contributed by atoms with Crippen LogP contribution in [0.5, 0.6) is 5.75 Å². The fourth-order valence-electron chi connectivity index (χ4n) is 2.43. The highest BCUT2D eigenvalue weighted by atomic mass is 16.6. The molecule has 6 heteroatoms. The topological polar surface area (TPSA) is 81.7 Å². The summed E-state index contributed by atoms with van der Waals surface area (Å²) in [6.07, 6.45) is 1.09. The normalized spacial score (nSPS) is 14.1. The molecule has 1 atom stereocenters. The van der Waals surface area contributed by atoms with E-state index in [4.69, 9.17) is 9.47 Å². The number of ketones is 1. The fourth-order valence-corrected chi connectivity index (χ4v) is 2.43. The zero-order chi connectivity index (χ0) is 19.2. The molecule has 2 aromatic carbocycles. The van der Waals surface area contributed by atoms with E-state index in [-0.39, 0.29) is 24.3 Å². The summed E-state index contributed by atoms with van der Waals surface area (Å²) in [6.45, 7) is 1.21. The van der Waals surface area contributed by atoms with Crippen LogP contribution in [0.3, 0.4) is 0 Å². The Bertz CT molecular complexity index is 812. The van der Waals surface area contributed by atoms with E-state index in [1.54, 1.807) is 36.4 Å². The van der Waals surface area contributed by atoms with Crippen molar-refractivity contribution in [2.75, 3.05) is 6.61 Å². The van der Waals surface area contributed by atoms with Crippen molar-refractivity contribution in [3.05, 3.63) is 65.7 Å². The second-order valence-electron chi connectivity index (χ2n) is 6.42. The van der Waals surface area contributed by atoms with E-state index < -0.39 is 12.1 Å². The lowest BCUT2D eigenvalue weighted by atomic mass is 10.0. The van der Waals surface area contributed by atoms with Crippen molar-refractivity contribution in [1.82, 2.24) is 5.32 Å². The molecule has 0 spiro atoms. The summed E-state index contributed by atoms with van der Waals surface area (Å²) in [5.74, 6) is -0.573. The Labute approximate surface area is 157 Å². The summed E-state index contributed by atoms with van der Waals surface area (Å²) in [4.78, 5) is 35.9. The molecule has 2 aromatic rings. The first kappa shape index (κ1) is 18.6. The maximum atomic E-state index is 12.3. The molecule has 1 aliphatic carbocycles. The average molecular weight is 367 g/mol. The Hall–Kier alpha value is -3.15. The number of ether oxygens (including phenoxy) is 2. The zero-order valence-electron chi connectivity index (χ0n) is 15.0. The molecule has 0 bridgehead atoms. The number of benzene rings is 2. The molecule has 1 amide bonds. The van der Waals surface area contributed by atoms with E-state index in [1.807, 2.05) is 18.2 Å². The molecule has 0 aliphatic heterocycles. The van der Waals surface area contributed by atoms with Crippen LogP contribution in [0.1, 0.15) is 35.7 Å². The van der Waals surface area contributed by atoms with Crippen molar-refractivity contribution in [1.29, 1.82) is 0 Å². The number of carbonyl (C=O) groups excluding carboxylic acids is 3. The van der Waals surface area contributed by atoms with E-state index in [9.17, 15) is 14.4 Å². The largest absolute Gasteiger partial charge is 0.482 e. The van der Waals surface area contributed by atoms with Gasteiger partial charge in [0.1, 0.15) is 5.75 Å². The first-order valence-electron chi connectivity index (χ1n) is 8.85. The molecule has 1 N–H and O–H groups in total. The lowest BCUT2D eigenvalue weighted by molar-refractivity contribution is -0.156. The van der Waals surface area contributed by atoms with Crippen LogP contribution in [0.2, 0.25) is 0 Å². The van der Waals surface area contributed by atoms with E-state index in [0.717, 1.165) is 12.8 Å². The quantitative estimate of drug-likeness (QED) is 0.573. The molecule has 0 heterocycles. The summed E-state index contributed by atoms with van der Waals surface area (Å²) in [7, 11) is 0. The van der Waals surface area contributed by atoms with Gasteiger partial charge in [-0.05, 0) is 44.0 Å². The van der Waals surface area contributed by atoms with Crippen molar-refractivity contribution in [2.24, 2.45) is 0 Å². The van der Waals surface area contributed by atoms with Crippen molar-refractivity contribution >= 4 is 17.7 Å². The summed E-state index contributed by atoms with van der Waals surface area (Å²) in [5.41, 5.74) is 1.13. The number of esters is 1. The van der Waals surface area contributed by atoms with Crippen LogP contribution < -0.4 is 10.1 Å². The summed E-state index contributed by atoms with van der Waals surface area (Å²) in [6, 6.07) is 15.7. The van der Waals surface area contributed by atoms with Crippen LogP contribution in [0.25, 0.3) is 0 Å². The average Bonchev–Trinajstić information content (AvgIpc) is 3.51. The third-order valence-corrected chi connectivity index (χ3v) is 4.11.